The van der Waals surface area contributed by atoms with Crippen LogP contribution >= 0.6 is 22.7 Å². The molecule has 0 aliphatic carbocycles. The summed E-state index contributed by atoms with van der Waals surface area (Å²) in [6.07, 6.45) is 1.62. The summed E-state index contributed by atoms with van der Waals surface area (Å²) in [5, 5.41) is 6.10. The van der Waals surface area contributed by atoms with Gasteiger partial charge in [-0.05, 0) is 48.9 Å². The van der Waals surface area contributed by atoms with E-state index in [9.17, 15) is 9.18 Å². The molecule has 0 spiro atoms. The van der Waals surface area contributed by atoms with Gasteiger partial charge in [-0.15, -0.1) is 11.3 Å². The molecule has 0 aliphatic rings. The lowest BCUT2D eigenvalue weighted by molar-refractivity contribution is 0.0988. The van der Waals surface area contributed by atoms with E-state index in [-0.39, 0.29) is 11.7 Å². The van der Waals surface area contributed by atoms with Crippen LogP contribution in [-0.2, 0) is 0 Å². The molecule has 2 heterocycles. The summed E-state index contributed by atoms with van der Waals surface area (Å²) in [5.74, 6) is -0.669. The van der Waals surface area contributed by atoms with Gasteiger partial charge in [0.2, 0.25) is 5.13 Å². The van der Waals surface area contributed by atoms with Crippen LogP contribution in [0.3, 0.4) is 0 Å². The predicted molar refractivity (Wildman–Crippen MR) is 125 cm³/mol. The predicted octanol–water partition coefficient (Wildman–Crippen LogP) is 6.03. The summed E-state index contributed by atoms with van der Waals surface area (Å²) >= 11 is 2.68. The molecule has 0 N–H and O–H groups in total. The molecule has 3 aromatic carbocycles. The molecule has 0 saturated heterocycles. The standard InChI is InChI=1S/C23H15FN4OS2/c1-14-2-4-15(5-3-14)12-26-28(23-27-19-9-7-17(24)11-21(19)31-23)22(29)16-6-8-18-20(10-16)30-13-25-18/h2-13H,1H3/b26-12+. The highest BCUT2D eigenvalue weighted by atomic mass is 32.1. The fourth-order valence-electron chi connectivity index (χ4n) is 3.05. The number of benzene rings is 3. The van der Waals surface area contributed by atoms with E-state index in [0.717, 1.165) is 21.3 Å². The van der Waals surface area contributed by atoms with Crippen LogP contribution in [0.25, 0.3) is 20.4 Å². The van der Waals surface area contributed by atoms with Crippen LogP contribution < -0.4 is 5.01 Å². The number of aryl methyl sites for hydroxylation is 1. The number of thiazole rings is 2. The van der Waals surface area contributed by atoms with Gasteiger partial charge in [-0.1, -0.05) is 41.2 Å². The molecule has 0 fully saturated rings. The molecular formula is C23H15FN4OS2. The summed E-state index contributed by atoms with van der Waals surface area (Å²) in [4.78, 5) is 22.2. The van der Waals surface area contributed by atoms with Gasteiger partial charge >= 0.3 is 0 Å². The molecule has 0 aliphatic heterocycles. The maximum Gasteiger partial charge on any atom is 0.280 e. The SMILES string of the molecule is Cc1ccc(/C=N/N(C(=O)c2ccc3ncsc3c2)c2nc3ccc(F)cc3s2)cc1. The zero-order valence-electron chi connectivity index (χ0n) is 16.3. The highest BCUT2D eigenvalue weighted by Crippen LogP contribution is 2.31. The van der Waals surface area contributed by atoms with E-state index >= 15 is 0 Å². The summed E-state index contributed by atoms with van der Waals surface area (Å²) in [5.41, 5.74) is 5.66. The van der Waals surface area contributed by atoms with Crippen LogP contribution in [0.15, 0.2) is 71.3 Å². The number of fused-ring (bicyclic) bond motifs is 2. The Morgan fingerprint density at radius 3 is 2.68 bits per heavy atom. The first kappa shape index (κ1) is 19.5. The minimum absolute atomic E-state index is 0.321. The number of carbonyl (C=O) groups excluding carboxylic acids is 1. The molecule has 0 unspecified atom stereocenters. The molecule has 0 saturated carbocycles. The first-order chi connectivity index (χ1) is 15.1. The maximum absolute atomic E-state index is 13.7. The Bertz CT molecular complexity index is 1440. The largest absolute Gasteiger partial charge is 0.280 e. The van der Waals surface area contributed by atoms with Crippen LogP contribution in [0.1, 0.15) is 21.5 Å². The van der Waals surface area contributed by atoms with Crippen molar-refractivity contribution in [3.63, 3.8) is 0 Å². The number of rotatable bonds is 4. The van der Waals surface area contributed by atoms with Gasteiger partial charge in [0, 0.05) is 5.56 Å². The number of halogens is 1. The van der Waals surface area contributed by atoms with Crippen LogP contribution in [0, 0.1) is 12.7 Å². The van der Waals surface area contributed by atoms with E-state index in [1.54, 1.807) is 29.9 Å². The lowest BCUT2D eigenvalue weighted by Crippen LogP contribution is -2.25. The molecule has 31 heavy (non-hydrogen) atoms. The average molecular weight is 447 g/mol. The van der Waals surface area contributed by atoms with E-state index in [0.29, 0.717) is 20.9 Å². The quantitative estimate of drug-likeness (QED) is 0.250. The number of aromatic nitrogens is 2. The Hall–Kier alpha value is -3.49. The minimum atomic E-state index is -0.348. The highest BCUT2D eigenvalue weighted by molar-refractivity contribution is 7.22. The van der Waals surface area contributed by atoms with Crippen LogP contribution in [0.5, 0.6) is 0 Å². The summed E-state index contributed by atoms with van der Waals surface area (Å²) in [6, 6.07) is 17.5. The van der Waals surface area contributed by atoms with E-state index in [4.69, 9.17) is 0 Å². The molecule has 5 aromatic rings. The normalized spacial score (nSPS) is 11.5. The summed E-state index contributed by atoms with van der Waals surface area (Å²) in [7, 11) is 0. The molecule has 8 heteroatoms. The smallest absolute Gasteiger partial charge is 0.267 e. The third-order valence-corrected chi connectivity index (χ3v) is 6.48. The number of hydrogen-bond donors (Lipinski definition) is 0. The molecule has 0 radical (unpaired) electrons. The highest BCUT2D eigenvalue weighted by Gasteiger charge is 2.22. The van der Waals surface area contributed by atoms with Crippen molar-refractivity contribution < 1.29 is 9.18 Å². The van der Waals surface area contributed by atoms with E-state index in [1.807, 2.05) is 37.3 Å². The van der Waals surface area contributed by atoms with E-state index < -0.39 is 0 Å². The van der Waals surface area contributed by atoms with Crippen molar-refractivity contribution in [2.24, 2.45) is 5.10 Å². The molecule has 152 valence electrons. The van der Waals surface area contributed by atoms with E-state index in [2.05, 4.69) is 15.1 Å². The zero-order chi connectivity index (χ0) is 21.4. The summed E-state index contributed by atoms with van der Waals surface area (Å²) < 4.78 is 15.2. The average Bonchev–Trinajstić information content (AvgIpc) is 3.40. The molecule has 5 rings (SSSR count). The Morgan fingerprint density at radius 1 is 1.03 bits per heavy atom. The van der Waals surface area contributed by atoms with Crippen molar-refractivity contribution in [3.8, 4) is 0 Å². The molecule has 0 atom stereocenters. The zero-order valence-corrected chi connectivity index (χ0v) is 18.0. The Balaban J connectivity index is 1.57. The van der Waals surface area contributed by atoms with Crippen LogP contribution in [0.4, 0.5) is 9.52 Å². The molecule has 2 aromatic heterocycles. The second-order valence-electron chi connectivity index (χ2n) is 6.92. The first-order valence-electron chi connectivity index (χ1n) is 9.41. The van der Waals surface area contributed by atoms with E-state index in [1.165, 1.54) is 39.8 Å². The number of nitrogens with zero attached hydrogens (tertiary/aromatic N) is 4. The number of hydrogen-bond acceptors (Lipinski definition) is 6. The van der Waals surface area contributed by atoms with Gasteiger partial charge in [-0.25, -0.2) is 14.4 Å². The minimum Gasteiger partial charge on any atom is -0.267 e. The van der Waals surface area contributed by atoms with Gasteiger partial charge in [-0.3, -0.25) is 4.79 Å². The number of hydrazone groups is 1. The number of amides is 1. The van der Waals surface area contributed by atoms with Gasteiger partial charge in [0.15, 0.2) is 0 Å². The fraction of sp³-hybridized carbons (Fsp3) is 0.0435. The molecule has 5 nitrogen and oxygen atoms in total. The monoisotopic (exact) mass is 446 g/mol. The van der Waals surface area contributed by atoms with Crippen molar-refractivity contribution in [2.45, 2.75) is 6.92 Å². The molecular weight excluding hydrogens is 431 g/mol. The third kappa shape index (κ3) is 3.95. The maximum atomic E-state index is 13.7. The Morgan fingerprint density at radius 2 is 1.84 bits per heavy atom. The van der Waals surface area contributed by atoms with Crippen LogP contribution in [-0.4, -0.2) is 22.1 Å². The number of carbonyl (C=O) groups is 1. The van der Waals surface area contributed by atoms with Gasteiger partial charge in [-0.2, -0.15) is 10.1 Å². The van der Waals surface area contributed by atoms with Gasteiger partial charge in [0.05, 0.1) is 32.2 Å². The second-order valence-corrected chi connectivity index (χ2v) is 8.81. The van der Waals surface area contributed by atoms with Crippen molar-refractivity contribution in [1.29, 1.82) is 0 Å². The molecule has 0 bridgehead atoms. The number of anilines is 1. The van der Waals surface area contributed by atoms with Gasteiger partial charge in [0.1, 0.15) is 5.82 Å². The lowest BCUT2D eigenvalue weighted by Gasteiger charge is -2.14. The van der Waals surface area contributed by atoms with Crippen LogP contribution in [0.2, 0.25) is 0 Å². The third-order valence-electron chi connectivity index (χ3n) is 4.69. The topological polar surface area (TPSA) is 58.5 Å². The summed E-state index contributed by atoms with van der Waals surface area (Å²) in [6.45, 7) is 2.01. The lowest BCUT2D eigenvalue weighted by atomic mass is 10.2. The Labute approximate surface area is 185 Å². The van der Waals surface area contributed by atoms with Crippen molar-refractivity contribution in [3.05, 3.63) is 88.7 Å². The van der Waals surface area contributed by atoms with Crippen molar-refractivity contribution in [2.75, 3.05) is 5.01 Å². The molecule has 1 amide bonds. The van der Waals surface area contributed by atoms with Crippen molar-refractivity contribution >= 4 is 60.4 Å². The van der Waals surface area contributed by atoms with Gasteiger partial charge in [0.25, 0.3) is 5.91 Å². The second kappa shape index (κ2) is 7.98. The first-order valence-corrected chi connectivity index (χ1v) is 11.1. The Kier molecular flexibility index (Phi) is 5.01. The van der Waals surface area contributed by atoms with Crippen molar-refractivity contribution in [1.82, 2.24) is 9.97 Å². The fourth-order valence-corrected chi connectivity index (χ4v) is 4.72. The van der Waals surface area contributed by atoms with Gasteiger partial charge < -0.3 is 0 Å².